The fraction of sp³-hybridized carbons (Fsp3) is 0.917. The number of aliphatic carboxylic acids is 1. The highest BCUT2D eigenvalue weighted by Crippen LogP contribution is 2.40. The lowest BCUT2D eigenvalue weighted by atomic mass is 9.76. The van der Waals surface area contributed by atoms with E-state index < -0.39 is 122 Å². The van der Waals surface area contributed by atoms with Crippen LogP contribution in [0, 0.1) is 5.41 Å². The molecule has 2 unspecified atom stereocenters. The third kappa shape index (κ3) is 7.89. The summed E-state index contributed by atoms with van der Waals surface area (Å²) in [6.07, 6.45) is -18.4. The molecule has 1 N–H and O–H groups in total. The van der Waals surface area contributed by atoms with E-state index in [1.54, 1.807) is 0 Å². The summed E-state index contributed by atoms with van der Waals surface area (Å²) in [5.74, 6) is -3.74. The Morgan fingerprint density at radius 1 is 0.882 bits per heavy atom. The van der Waals surface area contributed by atoms with Crippen LogP contribution >= 0.6 is 0 Å². The van der Waals surface area contributed by atoms with Crippen molar-refractivity contribution in [2.75, 3.05) is 11.5 Å². The van der Waals surface area contributed by atoms with Gasteiger partial charge in [0, 0.05) is 16.4 Å². The average molecular weight is 534 g/mol. The van der Waals surface area contributed by atoms with Crippen LogP contribution in [0.1, 0.15) is 122 Å². The van der Waals surface area contributed by atoms with Gasteiger partial charge in [-0.2, -0.15) is 4.99 Å². The average Bonchev–Trinajstić information content (AvgIpc) is 2.81. The lowest BCUT2D eigenvalue weighted by Crippen LogP contribution is -2.44. The second-order valence-electron chi connectivity index (χ2n) is 10.2. The minimum Gasteiger partial charge on any atom is -0.481 e. The second-order valence-corrected chi connectivity index (χ2v) is 15.7. The lowest BCUT2D eigenvalue weighted by Gasteiger charge is -2.35. The molecule has 34 heavy (non-hydrogen) atoms. The summed E-state index contributed by atoms with van der Waals surface area (Å²) < 4.78 is 142. The summed E-state index contributed by atoms with van der Waals surface area (Å²) in [6, 6.07) is 0. The van der Waals surface area contributed by atoms with Crippen LogP contribution in [0.2, 0.25) is 0 Å². The van der Waals surface area contributed by atoms with Crippen molar-refractivity contribution in [1.82, 2.24) is 0 Å². The molecule has 0 aromatic rings. The first kappa shape index (κ1) is 16.5. The molecule has 2 rings (SSSR count). The molecule has 2 fully saturated rings. The molecule has 2 aliphatic carbocycles. The van der Waals surface area contributed by atoms with E-state index in [1.807, 2.05) is 0 Å². The number of hydrogen-bond acceptors (Lipinski definition) is 7. The van der Waals surface area contributed by atoms with Crippen LogP contribution in [0.25, 0.3) is 0 Å². The van der Waals surface area contributed by atoms with Gasteiger partial charge in [-0.1, -0.05) is 38.3 Å². The molecule has 0 bridgehead atoms. The number of carbonyl (C=O) groups is 1. The minimum atomic E-state index is -4.07. The number of sulfone groups is 2. The Hall–Kier alpha value is -1.25. The highest BCUT2D eigenvalue weighted by molar-refractivity contribution is 7.93. The van der Waals surface area contributed by atoms with Gasteiger partial charge < -0.3 is 5.11 Å². The van der Waals surface area contributed by atoms with Crippen molar-refractivity contribution in [3.8, 4) is 0 Å². The van der Waals surface area contributed by atoms with Gasteiger partial charge in [0.1, 0.15) is 0 Å². The summed E-state index contributed by atoms with van der Waals surface area (Å²) in [7, 11) is -8.01. The van der Waals surface area contributed by atoms with E-state index in [1.165, 1.54) is 41.5 Å². The molecular weight excluding hydrogens is 478 g/mol. The van der Waals surface area contributed by atoms with Crippen LogP contribution in [0.15, 0.2) is 4.99 Å². The van der Waals surface area contributed by atoms with Crippen LogP contribution in [0.5, 0.6) is 0 Å². The van der Waals surface area contributed by atoms with E-state index in [4.69, 9.17) is 16.4 Å². The number of aliphatic imine (C=N–C) groups is 1. The standard InChI is InChI=1S/C12H21NO3S.C12H22O4S/c1-11(2,3)17(15,16)9-12(13-10-14)7-5-4-6-8-12;1-11(2,3)17(15,16)9-12(10(13)14)7-5-4-6-8-12/h4-9H2,1-3H3;4-9H2,1-3H3,(H,13,14)/i2*4D2,5D2,7D2. The zero-order chi connectivity index (χ0) is 37.2. The van der Waals surface area contributed by atoms with Crippen molar-refractivity contribution in [2.24, 2.45) is 10.4 Å². The molecule has 0 radical (unpaired) electrons. The molecule has 0 aliphatic heterocycles. The number of carboxylic acids is 1. The first-order valence-electron chi connectivity index (χ1n) is 16.6. The van der Waals surface area contributed by atoms with Gasteiger partial charge in [-0.3, -0.25) is 4.79 Å². The highest BCUT2D eigenvalue weighted by atomic mass is 32.2. The number of hydrogen-bond donors (Lipinski definition) is 1. The Bertz CT molecular complexity index is 1370. The first-order chi connectivity index (χ1) is 19.8. The maximum Gasteiger partial charge on any atom is 0.310 e. The minimum absolute atomic E-state index is 0.406. The van der Waals surface area contributed by atoms with Crippen molar-refractivity contribution in [1.29, 1.82) is 0 Å². The predicted molar refractivity (Wildman–Crippen MR) is 134 cm³/mol. The van der Waals surface area contributed by atoms with E-state index >= 15 is 0 Å². The van der Waals surface area contributed by atoms with Crippen LogP contribution in [-0.2, 0) is 29.3 Å². The van der Waals surface area contributed by atoms with Gasteiger partial charge in [0.2, 0.25) is 6.08 Å². The Labute approximate surface area is 222 Å². The van der Waals surface area contributed by atoms with Gasteiger partial charge >= 0.3 is 5.97 Å². The number of isocyanates is 1. The molecule has 2 atom stereocenters. The Kier molecular flexibility index (Phi) is 5.44. The number of carbonyl (C=O) groups excluding carboxylic acids is 1. The Morgan fingerprint density at radius 2 is 1.35 bits per heavy atom. The van der Waals surface area contributed by atoms with Gasteiger partial charge in [0.25, 0.3) is 0 Å². The Morgan fingerprint density at radius 3 is 1.82 bits per heavy atom. The number of rotatable bonds is 6. The largest absolute Gasteiger partial charge is 0.481 e. The summed E-state index contributed by atoms with van der Waals surface area (Å²) >= 11 is 0. The molecule has 0 amide bonds. The van der Waals surface area contributed by atoms with E-state index in [0.717, 1.165) is 6.08 Å². The summed E-state index contributed by atoms with van der Waals surface area (Å²) in [5, 5.41) is 9.56. The number of carboxylic acid groups (broad SMARTS) is 1. The Balaban J connectivity index is 0.000000460. The van der Waals surface area contributed by atoms with Crippen molar-refractivity contribution in [3.05, 3.63) is 0 Å². The molecule has 0 heterocycles. The molecule has 2 saturated carbocycles. The zero-order valence-corrected chi connectivity index (χ0v) is 22.0. The molecule has 8 nitrogen and oxygen atoms in total. The SMILES string of the molecule is [2H]C1([2H])CCC(CS(=O)(=O)C(C)(C)C)(C(=O)O)C([2H])([2H])C1([2H])[2H].[2H]C1([2H])CCC(CS(=O)(=O)C(C)(C)C)(N=C=O)C([2H])([2H])C1([2H])[2H]. The third-order valence-corrected chi connectivity index (χ3v) is 11.0. The van der Waals surface area contributed by atoms with E-state index in [9.17, 15) is 31.5 Å². The molecule has 0 spiro atoms. The highest BCUT2D eigenvalue weighted by Gasteiger charge is 2.46. The molecular formula is C24H43NO7S2. The van der Waals surface area contributed by atoms with Gasteiger partial charge in [-0.15, -0.1) is 0 Å². The molecule has 10 heteroatoms. The maximum atomic E-state index is 12.5. The fourth-order valence-electron chi connectivity index (χ4n) is 2.83. The van der Waals surface area contributed by atoms with Crippen molar-refractivity contribution >= 4 is 31.7 Å². The third-order valence-electron chi connectivity index (χ3n) is 5.51. The fourth-order valence-corrected chi connectivity index (χ4v) is 5.60. The molecule has 198 valence electrons. The first-order valence-corrected chi connectivity index (χ1v) is 13.9. The normalized spacial score (nSPS) is 40.6. The van der Waals surface area contributed by atoms with E-state index in [-0.39, 0.29) is 0 Å². The van der Waals surface area contributed by atoms with E-state index in [2.05, 4.69) is 4.99 Å². The van der Waals surface area contributed by atoms with Gasteiger partial charge in [0.05, 0.1) is 32.0 Å². The summed E-state index contributed by atoms with van der Waals surface area (Å²) in [6.45, 7) is 8.28. The summed E-state index contributed by atoms with van der Waals surface area (Å²) in [5.41, 5.74) is -4.76. The van der Waals surface area contributed by atoms with Crippen LogP contribution in [-0.4, -0.2) is 60.5 Å². The van der Waals surface area contributed by atoms with Crippen molar-refractivity contribution < 1.29 is 48.0 Å². The van der Waals surface area contributed by atoms with Crippen molar-refractivity contribution in [3.63, 3.8) is 0 Å². The van der Waals surface area contributed by atoms with Crippen LogP contribution in [0.4, 0.5) is 0 Å². The van der Waals surface area contributed by atoms with Crippen molar-refractivity contribution in [2.45, 2.75) is 120 Å². The zero-order valence-electron chi connectivity index (χ0n) is 32.4. The van der Waals surface area contributed by atoms with E-state index in [0.29, 0.717) is 0 Å². The maximum absolute atomic E-state index is 12.5. The molecule has 2 aliphatic rings. The second kappa shape index (κ2) is 11.2. The van der Waals surface area contributed by atoms with Crippen LogP contribution in [0.3, 0.4) is 0 Å². The topological polar surface area (TPSA) is 135 Å². The molecule has 0 aromatic heterocycles. The summed E-state index contributed by atoms with van der Waals surface area (Å²) in [4.78, 5) is 26.0. The van der Waals surface area contributed by atoms with Gasteiger partial charge in [-0.25, -0.2) is 21.6 Å². The monoisotopic (exact) mass is 533 g/mol. The predicted octanol–water partition coefficient (Wildman–Crippen LogP) is 4.47. The number of nitrogens with zero attached hydrogens (tertiary/aromatic N) is 1. The van der Waals surface area contributed by atoms with Gasteiger partial charge in [-0.05, 0) is 67.1 Å². The smallest absolute Gasteiger partial charge is 0.310 e. The van der Waals surface area contributed by atoms with Crippen LogP contribution < -0.4 is 0 Å². The molecule has 0 aromatic carbocycles. The van der Waals surface area contributed by atoms with Gasteiger partial charge in [0.15, 0.2) is 19.7 Å². The molecule has 0 saturated heterocycles. The lowest BCUT2D eigenvalue weighted by molar-refractivity contribution is -0.149. The quantitative estimate of drug-likeness (QED) is 0.393.